The van der Waals surface area contributed by atoms with E-state index in [9.17, 15) is 5.11 Å². The standard InChI is InChI=1S/C12H21NO/c1-2-8-4-3-5-10-9(8)6-7-11(13)12(10)14/h2,9-12,14H,3-7,13H2,1H3/b8-2+. The number of rotatable bonds is 0. The maximum absolute atomic E-state index is 10.0. The maximum atomic E-state index is 10.0. The van der Waals surface area contributed by atoms with Crippen LogP contribution in [0.4, 0.5) is 0 Å². The summed E-state index contributed by atoms with van der Waals surface area (Å²) >= 11 is 0. The second kappa shape index (κ2) is 4.03. The number of fused-ring (bicyclic) bond motifs is 1. The molecule has 0 bridgehead atoms. The second-order valence-corrected chi connectivity index (χ2v) is 4.76. The molecule has 3 N–H and O–H groups in total. The second-order valence-electron chi connectivity index (χ2n) is 4.76. The molecule has 0 amide bonds. The monoisotopic (exact) mass is 195 g/mol. The van der Waals surface area contributed by atoms with Crippen LogP contribution in [0.15, 0.2) is 11.6 Å². The van der Waals surface area contributed by atoms with Crippen LogP contribution in [-0.2, 0) is 0 Å². The van der Waals surface area contributed by atoms with Crippen LogP contribution in [0.3, 0.4) is 0 Å². The van der Waals surface area contributed by atoms with E-state index in [1.54, 1.807) is 5.57 Å². The summed E-state index contributed by atoms with van der Waals surface area (Å²) in [6, 6.07) is 0.0208. The van der Waals surface area contributed by atoms with Crippen LogP contribution in [0.1, 0.15) is 39.0 Å². The molecule has 2 rings (SSSR count). The number of hydrogen-bond donors (Lipinski definition) is 2. The molecule has 0 spiro atoms. The Labute approximate surface area is 86.2 Å². The molecule has 0 heterocycles. The molecule has 80 valence electrons. The Hall–Kier alpha value is -0.340. The molecule has 0 radical (unpaired) electrons. The van der Waals surface area contributed by atoms with E-state index in [2.05, 4.69) is 13.0 Å². The van der Waals surface area contributed by atoms with Crippen LogP contribution in [-0.4, -0.2) is 17.3 Å². The van der Waals surface area contributed by atoms with Crippen LogP contribution in [0.5, 0.6) is 0 Å². The summed E-state index contributed by atoms with van der Waals surface area (Å²) in [6.07, 6.45) is 7.79. The molecule has 2 aliphatic rings. The summed E-state index contributed by atoms with van der Waals surface area (Å²) in [5.41, 5.74) is 7.46. The third kappa shape index (κ3) is 1.61. The topological polar surface area (TPSA) is 46.2 Å². The lowest BCUT2D eigenvalue weighted by Gasteiger charge is -2.43. The van der Waals surface area contributed by atoms with Crippen molar-refractivity contribution in [3.05, 3.63) is 11.6 Å². The Kier molecular flexibility index (Phi) is 2.93. The van der Waals surface area contributed by atoms with Crippen molar-refractivity contribution in [1.29, 1.82) is 0 Å². The zero-order valence-electron chi connectivity index (χ0n) is 8.95. The first kappa shape index (κ1) is 10.2. The van der Waals surface area contributed by atoms with Gasteiger partial charge in [-0.15, -0.1) is 0 Å². The van der Waals surface area contributed by atoms with Gasteiger partial charge >= 0.3 is 0 Å². The van der Waals surface area contributed by atoms with E-state index < -0.39 is 0 Å². The molecule has 2 aliphatic carbocycles. The van der Waals surface area contributed by atoms with Gasteiger partial charge in [0, 0.05) is 6.04 Å². The van der Waals surface area contributed by atoms with E-state index >= 15 is 0 Å². The minimum absolute atomic E-state index is 0.0208. The first-order chi connectivity index (χ1) is 6.74. The zero-order valence-corrected chi connectivity index (χ0v) is 8.95. The zero-order chi connectivity index (χ0) is 10.1. The van der Waals surface area contributed by atoms with Gasteiger partial charge < -0.3 is 10.8 Å². The van der Waals surface area contributed by atoms with Gasteiger partial charge in [0.15, 0.2) is 0 Å². The number of allylic oxidation sites excluding steroid dienone is 2. The summed E-state index contributed by atoms with van der Waals surface area (Å²) in [5.74, 6) is 1.07. The Morgan fingerprint density at radius 1 is 1.36 bits per heavy atom. The molecule has 4 atom stereocenters. The highest BCUT2D eigenvalue weighted by atomic mass is 16.3. The number of nitrogens with two attached hydrogens (primary N) is 1. The molecule has 2 heteroatoms. The fourth-order valence-electron chi connectivity index (χ4n) is 3.23. The Morgan fingerprint density at radius 2 is 2.14 bits per heavy atom. The summed E-state index contributed by atoms with van der Waals surface area (Å²) < 4.78 is 0. The molecule has 0 aromatic carbocycles. The summed E-state index contributed by atoms with van der Waals surface area (Å²) in [7, 11) is 0. The van der Waals surface area contributed by atoms with Crippen LogP contribution in [0, 0.1) is 11.8 Å². The van der Waals surface area contributed by atoms with Gasteiger partial charge in [0.25, 0.3) is 0 Å². The van der Waals surface area contributed by atoms with Crippen molar-refractivity contribution < 1.29 is 5.11 Å². The highest BCUT2D eigenvalue weighted by molar-refractivity contribution is 5.13. The maximum Gasteiger partial charge on any atom is 0.0724 e. The molecule has 4 unspecified atom stereocenters. The summed E-state index contributed by atoms with van der Waals surface area (Å²) in [4.78, 5) is 0. The van der Waals surface area contributed by atoms with Gasteiger partial charge in [0.1, 0.15) is 0 Å². The minimum Gasteiger partial charge on any atom is -0.391 e. The van der Waals surface area contributed by atoms with Gasteiger partial charge in [-0.3, -0.25) is 0 Å². The van der Waals surface area contributed by atoms with E-state index in [4.69, 9.17) is 5.73 Å². The van der Waals surface area contributed by atoms with Crippen molar-refractivity contribution in [2.24, 2.45) is 17.6 Å². The molecule has 2 nitrogen and oxygen atoms in total. The first-order valence-corrected chi connectivity index (χ1v) is 5.82. The molecular formula is C12H21NO. The highest BCUT2D eigenvalue weighted by Crippen LogP contribution is 2.43. The van der Waals surface area contributed by atoms with Crippen LogP contribution < -0.4 is 5.73 Å². The van der Waals surface area contributed by atoms with Gasteiger partial charge in [-0.25, -0.2) is 0 Å². The lowest BCUT2D eigenvalue weighted by Crippen LogP contribution is -2.48. The van der Waals surface area contributed by atoms with E-state index in [1.165, 1.54) is 19.3 Å². The van der Waals surface area contributed by atoms with Crippen LogP contribution >= 0.6 is 0 Å². The van der Waals surface area contributed by atoms with Gasteiger partial charge in [0.05, 0.1) is 6.10 Å². The number of hydrogen-bond acceptors (Lipinski definition) is 2. The SMILES string of the molecule is C/C=C1\CCCC2C1CCC(N)C2O. The summed E-state index contributed by atoms with van der Waals surface area (Å²) in [6.45, 7) is 2.12. The normalized spacial score (nSPS) is 46.4. The molecule has 0 aliphatic heterocycles. The largest absolute Gasteiger partial charge is 0.391 e. The molecule has 14 heavy (non-hydrogen) atoms. The molecule has 2 saturated carbocycles. The average molecular weight is 195 g/mol. The van der Waals surface area contributed by atoms with E-state index in [1.807, 2.05) is 0 Å². The van der Waals surface area contributed by atoms with Gasteiger partial charge in [-0.05, 0) is 50.9 Å². The van der Waals surface area contributed by atoms with Crippen molar-refractivity contribution in [3.63, 3.8) is 0 Å². The van der Waals surface area contributed by atoms with E-state index in [-0.39, 0.29) is 12.1 Å². The predicted octanol–water partition coefficient (Wildman–Crippen LogP) is 1.83. The van der Waals surface area contributed by atoms with Crippen molar-refractivity contribution in [2.75, 3.05) is 0 Å². The third-order valence-electron chi connectivity index (χ3n) is 4.06. The fourth-order valence-corrected chi connectivity index (χ4v) is 3.23. The van der Waals surface area contributed by atoms with Crippen LogP contribution in [0.25, 0.3) is 0 Å². The van der Waals surface area contributed by atoms with Crippen LogP contribution in [0.2, 0.25) is 0 Å². The van der Waals surface area contributed by atoms with Crippen molar-refractivity contribution in [3.8, 4) is 0 Å². The Bertz CT molecular complexity index is 236. The van der Waals surface area contributed by atoms with Gasteiger partial charge in [-0.2, -0.15) is 0 Å². The smallest absolute Gasteiger partial charge is 0.0724 e. The predicted molar refractivity (Wildman–Crippen MR) is 57.8 cm³/mol. The fraction of sp³-hybridized carbons (Fsp3) is 0.833. The molecule has 0 aromatic rings. The number of aliphatic hydroxyl groups excluding tert-OH is 1. The van der Waals surface area contributed by atoms with Crippen molar-refractivity contribution in [1.82, 2.24) is 0 Å². The highest BCUT2D eigenvalue weighted by Gasteiger charge is 2.39. The average Bonchev–Trinajstić information content (AvgIpc) is 2.23. The minimum atomic E-state index is -0.260. The molecule has 0 aromatic heterocycles. The summed E-state index contributed by atoms with van der Waals surface area (Å²) in [5, 5.41) is 10.0. The Balaban J connectivity index is 2.15. The Morgan fingerprint density at radius 3 is 2.86 bits per heavy atom. The molecule has 2 fully saturated rings. The molecule has 0 saturated heterocycles. The lowest BCUT2D eigenvalue weighted by molar-refractivity contribution is 0.0130. The lowest BCUT2D eigenvalue weighted by atomic mass is 9.66. The first-order valence-electron chi connectivity index (χ1n) is 5.82. The third-order valence-corrected chi connectivity index (χ3v) is 4.06. The quantitative estimate of drug-likeness (QED) is 0.579. The van der Waals surface area contributed by atoms with Gasteiger partial charge in [-0.1, -0.05) is 11.6 Å². The van der Waals surface area contributed by atoms with Crippen molar-refractivity contribution >= 4 is 0 Å². The van der Waals surface area contributed by atoms with E-state index in [0.717, 1.165) is 12.8 Å². The number of aliphatic hydroxyl groups is 1. The molecular weight excluding hydrogens is 174 g/mol. The van der Waals surface area contributed by atoms with Crippen molar-refractivity contribution in [2.45, 2.75) is 51.2 Å². The van der Waals surface area contributed by atoms with E-state index in [0.29, 0.717) is 11.8 Å². The van der Waals surface area contributed by atoms with Gasteiger partial charge in [0.2, 0.25) is 0 Å².